The molecule has 0 aromatic carbocycles. The van der Waals surface area contributed by atoms with Gasteiger partial charge < -0.3 is 4.42 Å². The average molecular weight is 297 g/mol. The number of nitrogens with zero attached hydrogens (tertiary/aromatic N) is 4. The van der Waals surface area contributed by atoms with Crippen LogP contribution in [0.4, 0.5) is 0 Å². The molecule has 0 amide bonds. The topological polar surface area (TPSA) is 64.7 Å². The minimum Gasteiger partial charge on any atom is -0.416 e. The summed E-state index contributed by atoms with van der Waals surface area (Å²) in [6, 6.07) is 1.72. The van der Waals surface area contributed by atoms with Crippen molar-refractivity contribution in [2.24, 2.45) is 0 Å². The Bertz CT molecular complexity index is 585. The third kappa shape index (κ3) is 3.25. The summed E-state index contributed by atoms with van der Waals surface area (Å²) in [7, 11) is 0. The average Bonchev–Trinajstić information content (AvgIpc) is 3.13. The molecule has 0 saturated heterocycles. The normalized spacial score (nSPS) is 14.8. The smallest absolute Gasteiger partial charge is 0.282 e. The molecule has 2 aromatic heterocycles. The highest BCUT2D eigenvalue weighted by molar-refractivity contribution is 7.99. The van der Waals surface area contributed by atoms with E-state index in [-0.39, 0.29) is 0 Å². The summed E-state index contributed by atoms with van der Waals surface area (Å²) < 4.78 is 5.52. The van der Waals surface area contributed by atoms with E-state index in [1.165, 1.54) is 11.8 Å². The summed E-state index contributed by atoms with van der Waals surface area (Å²) >= 11 is 7.34. The van der Waals surface area contributed by atoms with Gasteiger partial charge in [0.05, 0.1) is 0 Å². The van der Waals surface area contributed by atoms with Crippen molar-refractivity contribution in [3.8, 4) is 0 Å². The van der Waals surface area contributed by atoms with Gasteiger partial charge in [0.15, 0.2) is 0 Å². The maximum atomic E-state index is 6.01. The molecule has 0 bridgehead atoms. The van der Waals surface area contributed by atoms with Gasteiger partial charge in [-0.05, 0) is 31.0 Å². The molecule has 19 heavy (non-hydrogen) atoms. The van der Waals surface area contributed by atoms with Crippen molar-refractivity contribution in [3.05, 3.63) is 22.9 Å². The van der Waals surface area contributed by atoms with Gasteiger partial charge in [-0.2, -0.15) is 0 Å². The lowest BCUT2D eigenvalue weighted by Gasteiger charge is -2.01. The molecule has 0 aliphatic heterocycles. The molecule has 0 unspecified atom stereocenters. The first-order chi connectivity index (χ1) is 9.24. The zero-order valence-electron chi connectivity index (χ0n) is 10.5. The van der Waals surface area contributed by atoms with Crippen molar-refractivity contribution in [1.29, 1.82) is 0 Å². The molecular weight excluding hydrogens is 284 g/mol. The SMILES string of the molecule is CCCc1nnc(Sc2cc(Cl)nc(C3CC3)n2)o1. The lowest BCUT2D eigenvalue weighted by atomic mass is 10.3. The summed E-state index contributed by atoms with van der Waals surface area (Å²) in [5, 5.41) is 9.70. The lowest BCUT2D eigenvalue weighted by molar-refractivity contribution is 0.411. The molecule has 0 N–H and O–H groups in total. The van der Waals surface area contributed by atoms with Crippen molar-refractivity contribution in [1.82, 2.24) is 20.2 Å². The van der Waals surface area contributed by atoms with Crippen LogP contribution >= 0.6 is 23.4 Å². The fourth-order valence-electron chi connectivity index (χ4n) is 1.67. The number of hydrogen-bond acceptors (Lipinski definition) is 6. The number of hydrogen-bond donors (Lipinski definition) is 0. The maximum absolute atomic E-state index is 6.01. The zero-order chi connectivity index (χ0) is 13.2. The number of halogens is 1. The van der Waals surface area contributed by atoms with Crippen LogP contribution in [0, 0.1) is 0 Å². The van der Waals surface area contributed by atoms with Gasteiger partial charge in [0.2, 0.25) is 5.89 Å². The van der Waals surface area contributed by atoms with Crippen LogP contribution < -0.4 is 0 Å². The Labute approximate surface area is 120 Å². The summed E-state index contributed by atoms with van der Waals surface area (Å²) in [4.78, 5) is 8.73. The highest BCUT2D eigenvalue weighted by atomic mass is 35.5. The van der Waals surface area contributed by atoms with Gasteiger partial charge in [-0.25, -0.2) is 9.97 Å². The monoisotopic (exact) mass is 296 g/mol. The Morgan fingerprint density at radius 2 is 2.21 bits per heavy atom. The number of rotatable bonds is 5. The quantitative estimate of drug-likeness (QED) is 0.787. The second-order valence-corrected chi connectivity index (χ2v) is 5.83. The van der Waals surface area contributed by atoms with E-state index in [9.17, 15) is 0 Å². The van der Waals surface area contributed by atoms with Crippen LogP contribution in [0.1, 0.15) is 43.8 Å². The third-order valence-electron chi connectivity index (χ3n) is 2.74. The highest BCUT2D eigenvalue weighted by Gasteiger charge is 2.27. The number of aryl methyl sites for hydroxylation is 1. The van der Waals surface area contributed by atoms with Gasteiger partial charge in [0.25, 0.3) is 5.22 Å². The Balaban J connectivity index is 1.77. The van der Waals surface area contributed by atoms with Crippen LogP contribution in [0.3, 0.4) is 0 Å². The van der Waals surface area contributed by atoms with Crippen molar-refractivity contribution in [3.63, 3.8) is 0 Å². The van der Waals surface area contributed by atoms with E-state index in [2.05, 4.69) is 27.1 Å². The molecule has 2 heterocycles. The Morgan fingerprint density at radius 1 is 1.37 bits per heavy atom. The predicted octanol–water partition coefficient (Wildman–Crippen LogP) is 3.49. The minimum atomic E-state index is 0.465. The van der Waals surface area contributed by atoms with E-state index >= 15 is 0 Å². The highest BCUT2D eigenvalue weighted by Crippen LogP contribution is 2.39. The molecule has 7 heteroatoms. The summed E-state index contributed by atoms with van der Waals surface area (Å²) in [5.41, 5.74) is 0. The van der Waals surface area contributed by atoms with Gasteiger partial charge in [0, 0.05) is 18.4 Å². The number of aromatic nitrogens is 4. The minimum absolute atomic E-state index is 0.465. The van der Waals surface area contributed by atoms with E-state index in [0.29, 0.717) is 22.2 Å². The summed E-state index contributed by atoms with van der Waals surface area (Å²) in [6.45, 7) is 2.07. The molecule has 0 spiro atoms. The van der Waals surface area contributed by atoms with Gasteiger partial charge in [0.1, 0.15) is 16.0 Å². The van der Waals surface area contributed by atoms with Gasteiger partial charge in [-0.1, -0.05) is 18.5 Å². The molecule has 1 saturated carbocycles. The second kappa shape index (κ2) is 5.46. The van der Waals surface area contributed by atoms with E-state index in [4.69, 9.17) is 16.0 Å². The van der Waals surface area contributed by atoms with Crippen LogP contribution in [0.5, 0.6) is 0 Å². The third-order valence-corrected chi connectivity index (χ3v) is 3.69. The molecule has 2 aromatic rings. The predicted molar refractivity (Wildman–Crippen MR) is 71.4 cm³/mol. The van der Waals surface area contributed by atoms with Crippen molar-refractivity contribution < 1.29 is 4.42 Å². The van der Waals surface area contributed by atoms with Crippen LogP contribution in [0.2, 0.25) is 5.15 Å². The Hall–Kier alpha value is -1.14. The molecule has 1 fully saturated rings. The zero-order valence-corrected chi connectivity index (χ0v) is 12.0. The van der Waals surface area contributed by atoms with Gasteiger partial charge in [-0.3, -0.25) is 0 Å². The largest absolute Gasteiger partial charge is 0.416 e. The molecule has 1 aliphatic rings. The van der Waals surface area contributed by atoms with E-state index in [1.54, 1.807) is 6.07 Å². The molecular formula is C12H13ClN4OS. The van der Waals surface area contributed by atoms with Gasteiger partial charge >= 0.3 is 0 Å². The summed E-state index contributed by atoms with van der Waals surface area (Å²) in [5.74, 6) is 1.95. The first-order valence-corrected chi connectivity index (χ1v) is 7.48. The van der Waals surface area contributed by atoms with Crippen LogP contribution in [-0.4, -0.2) is 20.2 Å². The first kappa shape index (κ1) is 12.9. The molecule has 0 radical (unpaired) electrons. The first-order valence-electron chi connectivity index (χ1n) is 6.29. The molecule has 3 rings (SSSR count). The molecule has 1 aliphatic carbocycles. The van der Waals surface area contributed by atoms with Crippen LogP contribution in [-0.2, 0) is 6.42 Å². The van der Waals surface area contributed by atoms with E-state index in [0.717, 1.165) is 36.5 Å². The fourth-order valence-corrected chi connectivity index (χ4v) is 2.64. The van der Waals surface area contributed by atoms with E-state index < -0.39 is 0 Å². The van der Waals surface area contributed by atoms with Crippen molar-refractivity contribution in [2.45, 2.75) is 48.8 Å². The Morgan fingerprint density at radius 3 is 2.95 bits per heavy atom. The van der Waals surface area contributed by atoms with Crippen LogP contribution in [0.25, 0.3) is 0 Å². The maximum Gasteiger partial charge on any atom is 0.282 e. The fraction of sp³-hybridized carbons (Fsp3) is 0.500. The Kier molecular flexibility index (Phi) is 3.70. The van der Waals surface area contributed by atoms with Crippen molar-refractivity contribution >= 4 is 23.4 Å². The lowest BCUT2D eigenvalue weighted by Crippen LogP contribution is -1.94. The van der Waals surface area contributed by atoms with Gasteiger partial charge in [-0.15, -0.1) is 10.2 Å². The molecule has 100 valence electrons. The van der Waals surface area contributed by atoms with E-state index in [1.807, 2.05) is 0 Å². The molecule has 0 atom stereocenters. The van der Waals surface area contributed by atoms with Crippen molar-refractivity contribution in [2.75, 3.05) is 0 Å². The summed E-state index contributed by atoms with van der Waals surface area (Å²) in [6.07, 6.45) is 4.07. The van der Waals surface area contributed by atoms with Crippen LogP contribution in [0.15, 0.2) is 20.7 Å². The second-order valence-electron chi connectivity index (χ2n) is 4.48. The standard InChI is InChI=1S/C12H13ClN4OS/c1-2-3-9-16-17-12(18-9)19-10-6-8(13)14-11(15-10)7-4-5-7/h6-7H,2-5H2,1H3. The molecule has 5 nitrogen and oxygen atoms in total.